The quantitative estimate of drug-likeness (QED) is 0.489. The maximum atomic E-state index is 10.2. The monoisotopic (exact) mass is 409 g/mol. The van der Waals surface area contributed by atoms with Crippen LogP contribution in [-0.2, 0) is 0 Å². The summed E-state index contributed by atoms with van der Waals surface area (Å²) in [6.45, 7) is 13.0. The van der Waals surface area contributed by atoms with Crippen LogP contribution in [0, 0.1) is 28.6 Å². The molecule has 2 fully saturated rings. The third kappa shape index (κ3) is 3.70. The van der Waals surface area contributed by atoms with E-state index in [1.807, 2.05) is 40.1 Å². The third-order valence-corrected chi connectivity index (χ3v) is 8.63. The second-order valence-corrected chi connectivity index (χ2v) is 9.71. The first kappa shape index (κ1) is 23.3. The van der Waals surface area contributed by atoms with Crippen LogP contribution in [0.25, 0.3) is 5.57 Å². The van der Waals surface area contributed by atoms with Gasteiger partial charge in [-0.2, -0.15) is 0 Å². The van der Waals surface area contributed by atoms with E-state index in [2.05, 4.69) is 43.1 Å². The van der Waals surface area contributed by atoms with Crippen LogP contribution in [0.4, 0.5) is 0 Å². The molecule has 0 radical (unpaired) electrons. The van der Waals surface area contributed by atoms with Crippen LogP contribution in [0.3, 0.4) is 0 Å². The van der Waals surface area contributed by atoms with Crippen LogP contribution in [0.15, 0.2) is 42.3 Å². The van der Waals surface area contributed by atoms with Crippen LogP contribution in [0.5, 0.6) is 0 Å². The first-order valence-corrected chi connectivity index (χ1v) is 12.5. The van der Waals surface area contributed by atoms with Crippen molar-refractivity contribution in [2.45, 2.75) is 92.6 Å². The van der Waals surface area contributed by atoms with Crippen LogP contribution in [-0.4, -0.2) is 16.2 Å². The first-order valence-electron chi connectivity index (χ1n) is 12.5. The zero-order chi connectivity index (χ0) is 21.9. The molecule has 5 rings (SSSR count). The Morgan fingerprint density at radius 3 is 2.37 bits per heavy atom. The summed E-state index contributed by atoms with van der Waals surface area (Å²) >= 11 is 0. The predicted octanol–water partition coefficient (Wildman–Crippen LogP) is 7.45. The van der Waals surface area contributed by atoms with Crippen molar-refractivity contribution in [2.24, 2.45) is 28.6 Å². The summed E-state index contributed by atoms with van der Waals surface area (Å²) in [6.07, 6.45) is 17.0. The van der Waals surface area contributed by atoms with Gasteiger partial charge in [-0.3, -0.25) is 4.98 Å². The Kier molecular flexibility index (Phi) is 7.28. The topological polar surface area (TPSA) is 33.1 Å². The number of aliphatic hydroxyl groups is 1. The van der Waals surface area contributed by atoms with Gasteiger partial charge in [-0.1, -0.05) is 65.3 Å². The zero-order valence-electron chi connectivity index (χ0n) is 20.1. The van der Waals surface area contributed by atoms with Crippen molar-refractivity contribution in [3.05, 3.63) is 47.8 Å². The van der Waals surface area contributed by atoms with Crippen molar-refractivity contribution in [3.63, 3.8) is 0 Å². The van der Waals surface area contributed by atoms with Crippen molar-refractivity contribution < 1.29 is 5.11 Å². The number of aromatic nitrogens is 1. The van der Waals surface area contributed by atoms with E-state index in [9.17, 15) is 5.11 Å². The molecule has 0 amide bonds. The molecule has 1 N–H and O–H groups in total. The van der Waals surface area contributed by atoms with Crippen molar-refractivity contribution in [1.29, 1.82) is 0 Å². The Bertz CT molecular complexity index is 766. The number of aliphatic hydroxyl groups excluding tert-OH is 1. The van der Waals surface area contributed by atoms with Gasteiger partial charge in [0.05, 0.1) is 6.10 Å². The molecule has 4 aliphatic rings. The van der Waals surface area contributed by atoms with Gasteiger partial charge in [0.1, 0.15) is 0 Å². The van der Waals surface area contributed by atoms with Crippen molar-refractivity contribution in [1.82, 2.24) is 4.98 Å². The predicted molar refractivity (Wildman–Crippen MR) is 128 cm³/mol. The molecule has 0 saturated heterocycles. The van der Waals surface area contributed by atoms with E-state index in [4.69, 9.17) is 0 Å². The van der Waals surface area contributed by atoms with Crippen LogP contribution < -0.4 is 0 Å². The molecule has 1 aromatic heterocycles. The Balaban J connectivity index is 0.000000606. The summed E-state index contributed by atoms with van der Waals surface area (Å²) < 4.78 is 0. The lowest BCUT2D eigenvalue weighted by molar-refractivity contribution is -0.0238. The summed E-state index contributed by atoms with van der Waals surface area (Å²) in [5.74, 6) is 2.36. The molecule has 4 aliphatic carbocycles. The minimum absolute atomic E-state index is 0.106. The first-order chi connectivity index (χ1) is 14.5. The summed E-state index contributed by atoms with van der Waals surface area (Å²) in [5.41, 5.74) is 5.09. The highest BCUT2D eigenvalue weighted by Crippen LogP contribution is 2.66. The summed E-state index contributed by atoms with van der Waals surface area (Å²) in [4.78, 5) is 4.38. The fraction of sp³-hybridized carbons (Fsp3) is 0.679. The maximum absolute atomic E-state index is 10.2. The van der Waals surface area contributed by atoms with Gasteiger partial charge < -0.3 is 5.11 Å². The second kappa shape index (κ2) is 9.39. The summed E-state index contributed by atoms with van der Waals surface area (Å²) in [6, 6.07) is 4.31. The van der Waals surface area contributed by atoms with E-state index < -0.39 is 0 Å². The summed E-state index contributed by atoms with van der Waals surface area (Å²) in [5, 5.41) is 10.2. The molecule has 30 heavy (non-hydrogen) atoms. The molecule has 1 heterocycles. The van der Waals surface area contributed by atoms with Crippen LogP contribution >= 0.6 is 0 Å². The van der Waals surface area contributed by atoms with E-state index in [1.165, 1.54) is 37.7 Å². The minimum atomic E-state index is -0.106. The fourth-order valence-corrected chi connectivity index (χ4v) is 7.18. The molecule has 0 spiro atoms. The molecule has 6 unspecified atom stereocenters. The molecule has 0 bridgehead atoms. The smallest absolute Gasteiger partial charge is 0.0577 e. The Hall–Kier alpha value is -1.41. The number of pyridine rings is 1. The van der Waals surface area contributed by atoms with E-state index in [1.54, 1.807) is 11.1 Å². The highest BCUT2D eigenvalue weighted by molar-refractivity contribution is 5.72. The lowest BCUT2D eigenvalue weighted by atomic mass is 9.47. The van der Waals surface area contributed by atoms with E-state index in [-0.39, 0.29) is 6.10 Å². The lowest BCUT2D eigenvalue weighted by Gasteiger charge is -2.57. The zero-order valence-corrected chi connectivity index (χ0v) is 20.1. The van der Waals surface area contributed by atoms with Gasteiger partial charge in [-0.25, -0.2) is 0 Å². The number of hydrogen-bond donors (Lipinski definition) is 1. The molecule has 166 valence electrons. The van der Waals surface area contributed by atoms with Crippen molar-refractivity contribution in [3.8, 4) is 0 Å². The molecule has 2 saturated carbocycles. The Morgan fingerprint density at radius 1 is 0.933 bits per heavy atom. The molecule has 2 nitrogen and oxygen atoms in total. The Labute approximate surface area is 184 Å². The number of allylic oxidation sites excluding steroid dienone is 3. The molecule has 1 aromatic rings. The van der Waals surface area contributed by atoms with Gasteiger partial charge in [0.15, 0.2) is 0 Å². The normalized spacial score (nSPS) is 38.9. The molecule has 2 heteroatoms. The number of nitrogens with zero attached hydrogens (tertiary/aromatic N) is 1. The molecular formula is C28H43NO. The van der Waals surface area contributed by atoms with Gasteiger partial charge in [0, 0.05) is 12.4 Å². The van der Waals surface area contributed by atoms with Crippen molar-refractivity contribution >= 4 is 5.57 Å². The average molecular weight is 410 g/mol. The second-order valence-electron chi connectivity index (χ2n) is 9.71. The van der Waals surface area contributed by atoms with Gasteiger partial charge >= 0.3 is 0 Å². The summed E-state index contributed by atoms with van der Waals surface area (Å²) in [7, 11) is 0. The van der Waals surface area contributed by atoms with Crippen LogP contribution in [0.1, 0.15) is 92.1 Å². The van der Waals surface area contributed by atoms with E-state index in [0.717, 1.165) is 30.6 Å². The SMILES string of the molecule is CC.CC.CC12CCC(O)CC1=CCC1C2CCC2(C)C(c3cccnc3)=CCC12. The Morgan fingerprint density at radius 2 is 1.67 bits per heavy atom. The molecular weight excluding hydrogens is 366 g/mol. The van der Waals surface area contributed by atoms with E-state index >= 15 is 0 Å². The van der Waals surface area contributed by atoms with Gasteiger partial charge in [-0.05, 0) is 90.7 Å². The fourth-order valence-electron chi connectivity index (χ4n) is 7.18. The molecule has 6 atom stereocenters. The highest BCUT2D eigenvalue weighted by Gasteiger charge is 2.56. The minimum Gasteiger partial charge on any atom is -0.393 e. The highest BCUT2D eigenvalue weighted by atomic mass is 16.3. The van der Waals surface area contributed by atoms with E-state index in [0.29, 0.717) is 10.8 Å². The average Bonchev–Trinajstić information content (AvgIpc) is 3.15. The van der Waals surface area contributed by atoms with Gasteiger partial charge in [0.25, 0.3) is 0 Å². The number of hydrogen-bond acceptors (Lipinski definition) is 2. The number of fused-ring (bicyclic) bond motifs is 5. The lowest BCUT2D eigenvalue weighted by Crippen LogP contribution is -2.49. The van der Waals surface area contributed by atoms with Crippen LogP contribution in [0.2, 0.25) is 0 Å². The largest absolute Gasteiger partial charge is 0.393 e. The standard InChI is InChI=1S/C24H31NO.2C2H6/c1-23-11-9-18(26)14-17(23)5-6-19-21-8-7-20(16-4-3-13-25-15-16)24(21,2)12-10-22(19)23;2*1-2/h3-5,7,13,15,18-19,21-22,26H,6,8-12,14H2,1-2H3;2*1-2H3. The molecule has 0 aromatic carbocycles. The van der Waals surface area contributed by atoms with Gasteiger partial charge in [0.2, 0.25) is 0 Å². The third-order valence-electron chi connectivity index (χ3n) is 8.63. The van der Waals surface area contributed by atoms with Crippen molar-refractivity contribution in [2.75, 3.05) is 0 Å². The number of rotatable bonds is 1. The molecule has 0 aliphatic heterocycles. The maximum Gasteiger partial charge on any atom is 0.0577 e. The van der Waals surface area contributed by atoms with Gasteiger partial charge in [-0.15, -0.1) is 0 Å².